The van der Waals surface area contributed by atoms with Crippen LogP contribution in [0.2, 0.25) is 5.02 Å². The van der Waals surface area contributed by atoms with E-state index in [0.29, 0.717) is 10.6 Å². The van der Waals surface area contributed by atoms with Crippen molar-refractivity contribution in [2.75, 3.05) is 24.6 Å². The molecular formula is C12H15ClN2O3. The molecule has 5 nitrogen and oxygen atoms in total. The first kappa shape index (κ1) is 13.1. The maximum absolute atomic E-state index is 10.8. The lowest BCUT2D eigenvalue weighted by Gasteiger charge is -2.20. The maximum atomic E-state index is 10.8. The SMILES string of the molecule is Cc1cc(N2CCC(CO)C2)c(Cl)cc1[N+](=O)[O-]. The summed E-state index contributed by atoms with van der Waals surface area (Å²) >= 11 is 6.11. The molecule has 18 heavy (non-hydrogen) atoms. The van der Waals surface area contributed by atoms with Crippen LogP contribution in [0.3, 0.4) is 0 Å². The van der Waals surface area contributed by atoms with Crippen LogP contribution in [0.4, 0.5) is 11.4 Å². The van der Waals surface area contributed by atoms with Crippen LogP contribution in [-0.2, 0) is 0 Å². The van der Waals surface area contributed by atoms with Crippen molar-refractivity contribution in [3.05, 3.63) is 32.8 Å². The molecule has 0 aliphatic carbocycles. The molecule has 6 heteroatoms. The first-order valence-corrected chi connectivity index (χ1v) is 6.21. The first-order valence-electron chi connectivity index (χ1n) is 5.83. The molecule has 2 rings (SSSR count). The van der Waals surface area contributed by atoms with Gasteiger partial charge in [-0.25, -0.2) is 0 Å². The Bertz CT molecular complexity index is 479. The average Bonchev–Trinajstić information content (AvgIpc) is 2.79. The van der Waals surface area contributed by atoms with Crippen molar-refractivity contribution in [1.29, 1.82) is 0 Å². The van der Waals surface area contributed by atoms with Crippen LogP contribution in [0.1, 0.15) is 12.0 Å². The van der Waals surface area contributed by atoms with E-state index in [9.17, 15) is 10.1 Å². The highest BCUT2D eigenvalue weighted by Crippen LogP contribution is 2.35. The molecule has 0 bridgehead atoms. The van der Waals surface area contributed by atoms with Crippen molar-refractivity contribution in [2.24, 2.45) is 5.92 Å². The third-order valence-corrected chi connectivity index (χ3v) is 3.65. The molecule has 1 aliphatic rings. The molecular weight excluding hydrogens is 256 g/mol. The first-order chi connectivity index (χ1) is 8.52. The summed E-state index contributed by atoms with van der Waals surface area (Å²) in [6.45, 7) is 3.44. The molecule has 1 aromatic rings. The van der Waals surface area contributed by atoms with Gasteiger partial charge in [0.1, 0.15) is 0 Å². The highest BCUT2D eigenvalue weighted by Gasteiger charge is 2.25. The summed E-state index contributed by atoms with van der Waals surface area (Å²) < 4.78 is 0. The van der Waals surface area contributed by atoms with Gasteiger partial charge in [0.2, 0.25) is 0 Å². The van der Waals surface area contributed by atoms with Gasteiger partial charge >= 0.3 is 0 Å². The third-order valence-electron chi connectivity index (χ3n) is 3.35. The molecule has 0 saturated carbocycles. The smallest absolute Gasteiger partial charge is 0.273 e. The van der Waals surface area contributed by atoms with E-state index in [1.807, 2.05) is 0 Å². The van der Waals surface area contributed by atoms with Crippen LogP contribution in [0.15, 0.2) is 12.1 Å². The quantitative estimate of drug-likeness (QED) is 0.676. The summed E-state index contributed by atoms with van der Waals surface area (Å²) in [6.07, 6.45) is 0.920. The third kappa shape index (κ3) is 2.42. The standard InChI is InChI=1S/C12H15ClN2O3/c1-8-4-12(10(13)5-11(8)15(17)18)14-3-2-9(6-14)7-16/h4-5,9,16H,2-3,6-7H2,1H3. The van der Waals surface area contributed by atoms with Crippen molar-refractivity contribution >= 4 is 23.0 Å². The van der Waals surface area contributed by atoms with Crippen LogP contribution in [0.25, 0.3) is 0 Å². The Hall–Kier alpha value is -1.33. The van der Waals surface area contributed by atoms with Gasteiger partial charge in [-0.15, -0.1) is 0 Å². The Balaban J connectivity index is 2.30. The zero-order valence-electron chi connectivity index (χ0n) is 10.1. The largest absolute Gasteiger partial charge is 0.396 e. The van der Waals surface area contributed by atoms with Gasteiger partial charge < -0.3 is 10.0 Å². The van der Waals surface area contributed by atoms with Gasteiger partial charge in [0.05, 0.1) is 15.6 Å². The molecule has 1 unspecified atom stereocenters. The minimum atomic E-state index is -0.425. The molecule has 98 valence electrons. The summed E-state index contributed by atoms with van der Waals surface area (Å²) in [6, 6.07) is 3.15. The number of anilines is 1. The van der Waals surface area contributed by atoms with Gasteiger partial charge in [0.25, 0.3) is 5.69 Å². The van der Waals surface area contributed by atoms with E-state index in [2.05, 4.69) is 4.90 Å². The molecule has 1 heterocycles. The number of aliphatic hydroxyl groups is 1. The summed E-state index contributed by atoms with van der Waals surface area (Å²) in [7, 11) is 0. The number of nitro benzene ring substituents is 1. The second kappa shape index (κ2) is 5.12. The molecule has 1 atom stereocenters. The molecule has 0 amide bonds. The molecule has 1 aliphatic heterocycles. The fourth-order valence-electron chi connectivity index (χ4n) is 2.30. The Labute approximate surface area is 110 Å². The zero-order valence-corrected chi connectivity index (χ0v) is 10.9. The molecule has 1 N–H and O–H groups in total. The lowest BCUT2D eigenvalue weighted by Crippen LogP contribution is -2.21. The highest BCUT2D eigenvalue weighted by atomic mass is 35.5. The van der Waals surface area contributed by atoms with Crippen LogP contribution in [0.5, 0.6) is 0 Å². The van der Waals surface area contributed by atoms with Gasteiger partial charge in [0, 0.05) is 37.2 Å². The Morgan fingerprint density at radius 1 is 1.61 bits per heavy atom. The Morgan fingerprint density at radius 3 is 2.89 bits per heavy atom. The molecule has 1 aromatic carbocycles. The molecule has 0 radical (unpaired) electrons. The van der Waals surface area contributed by atoms with Crippen molar-refractivity contribution in [3.63, 3.8) is 0 Å². The van der Waals surface area contributed by atoms with Crippen molar-refractivity contribution < 1.29 is 10.0 Å². The predicted molar refractivity (Wildman–Crippen MR) is 70.2 cm³/mol. The highest BCUT2D eigenvalue weighted by molar-refractivity contribution is 6.33. The summed E-state index contributed by atoms with van der Waals surface area (Å²) in [4.78, 5) is 12.4. The lowest BCUT2D eigenvalue weighted by molar-refractivity contribution is -0.385. The minimum Gasteiger partial charge on any atom is -0.396 e. The van der Waals surface area contributed by atoms with E-state index in [-0.39, 0.29) is 18.2 Å². The number of benzene rings is 1. The maximum Gasteiger partial charge on any atom is 0.273 e. The van der Waals surface area contributed by atoms with Gasteiger partial charge in [-0.3, -0.25) is 10.1 Å². The Morgan fingerprint density at radius 2 is 2.33 bits per heavy atom. The second-order valence-corrected chi connectivity index (χ2v) is 5.04. The normalized spacial score (nSPS) is 19.3. The second-order valence-electron chi connectivity index (χ2n) is 4.63. The van der Waals surface area contributed by atoms with Crippen LogP contribution >= 0.6 is 11.6 Å². The van der Waals surface area contributed by atoms with Crippen LogP contribution in [-0.4, -0.2) is 29.7 Å². The monoisotopic (exact) mass is 270 g/mol. The number of hydrogen-bond acceptors (Lipinski definition) is 4. The fourth-order valence-corrected chi connectivity index (χ4v) is 2.57. The van der Waals surface area contributed by atoms with Gasteiger partial charge in [0.15, 0.2) is 0 Å². The van der Waals surface area contributed by atoms with Gasteiger partial charge in [-0.05, 0) is 19.4 Å². The van der Waals surface area contributed by atoms with Crippen LogP contribution < -0.4 is 4.90 Å². The summed E-state index contributed by atoms with van der Waals surface area (Å²) in [5, 5.41) is 20.3. The number of nitrogens with zero attached hydrogens (tertiary/aromatic N) is 2. The minimum absolute atomic E-state index is 0.0432. The van der Waals surface area contributed by atoms with Crippen molar-refractivity contribution in [1.82, 2.24) is 0 Å². The van der Waals surface area contributed by atoms with Crippen molar-refractivity contribution in [2.45, 2.75) is 13.3 Å². The number of aliphatic hydroxyl groups excluding tert-OH is 1. The topological polar surface area (TPSA) is 66.6 Å². The van der Waals surface area contributed by atoms with Gasteiger partial charge in [-0.1, -0.05) is 11.6 Å². The summed E-state index contributed by atoms with van der Waals surface area (Å²) in [5.74, 6) is 0.261. The zero-order chi connectivity index (χ0) is 13.3. The number of hydrogen-bond donors (Lipinski definition) is 1. The summed E-state index contributed by atoms with van der Waals surface area (Å²) in [5.41, 5.74) is 1.46. The van der Waals surface area contributed by atoms with Crippen LogP contribution in [0, 0.1) is 23.0 Å². The molecule has 1 saturated heterocycles. The van der Waals surface area contributed by atoms with E-state index in [0.717, 1.165) is 25.2 Å². The van der Waals surface area contributed by atoms with E-state index in [1.54, 1.807) is 13.0 Å². The Kier molecular flexibility index (Phi) is 3.73. The molecule has 0 spiro atoms. The van der Waals surface area contributed by atoms with Gasteiger partial charge in [-0.2, -0.15) is 0 Å². The van der Waals surface area contributed by atoms with E-state index >= 15 is 0 Å². The predicted octanol–water partition coefficient (Wildman–Crippen LogP) is 2.38. The van der Waals surface area contributed by atoms with E-state index < -0.39 is 4.92 Å². The average molecular weight is 271 g/mol. The number of aryl methyl sites for hydroxylation is 1. The lowest BCUT2D eigenvalue weighted by atomic mass is 10.1. The number of nitro groups is 1. The molecule has 0 aromatic heterocycles. The van der Waals surface area contributed by atoms with E-state index in [1.165, 1.54) is 6.07 Å². The van der Waals surface area contributed by atoms with Crippen molar-refractivity contribution in [3.8, 4) is 0 Å². The van der Waals surface area contributed by atoms with E-state index in [4.69, 9.17) is 16.7 Å². The number of halogens is 1. The number of rotatable bonds is 3. The molecule has 1 fully saturated rings. The fraction of sp³-hybridized carbons (Fsp3) is 0.500.